The predicted molar refractivity (Wildman–Crippen MR) is 113 cm³/mol. The number of nitrogens with one attached hydrogen (secondary N) is 1. The van der Waals surface area contributed by atoms with Gasteiger partial charge in [-0.25, -0.2) is 0 Å². The number of hydrogen-bond donors (Lipinski definition) is 1. The first kappa shape index (κ1) is 18.7. The molecular formula is C23H24N2O2S. The zero-order valence-corrected chi connectivity index (χ0v) is 16.7. The molecule has 1 aliphatic rings. The normalized spacial score (nSPS) is 18.0. The van der Waals surface area contributed by atoms with E-state index >= 15 is 0 Å². The molecule has 1 N–H and O–H groups in total. The molecule has 2 heterocycles. The molecule has 4 rings (SSSR count). The Hall–Kier alpha value is -2.66. The van der Waals surface area contributed by atoms with E-state index in [0.717, 1.165) is 29.8 Å². The monoisotopic (exact) mass is 392 g/mol. The van der Waals surface area contributed by atoms with E-state index in [9.17, 15) is 9.59 Å². The standard InChI is InChI=1S/C23H24N2O2S/c1-16(18-11-10-17-6-2-3-7-19(17)14-18)24-22(26)20-8-4-12-25(15-20)23(27)21-9-5-13-28-21/h2-3,5-7,9-11,13-14,16,20H,4,8,12,15H2,1H3,(H,24,26)/t16-,20+/m0/s1. The van der Waals surface area contributed by atoms with Crippen LogP contribution in [0.5, 0.6) is 0 Å². The molecular weight excluding hydrogens is 368 g/mol. The summed E-state index contributed by atoms with van der Waals surface area (Å²) in [5.74, 6) is -0.0833. The van der Waals surface area contributed by atoms with E-state index in [0.29, 0.717) is 6.54 Å². The van der Waals surface area contributed by atoms with Gasteiger partial charge in [0, 0.05) is 13.1 Å². The van der Waals surface area contributed by atoms with E-state index in [2.05, 4.69) is 35.6 Å². The Kier molecular flexibility index (Phi) is 5.44. The number of amides is 2. The van der Waals surface area contributed by atoms with Crippen LogP contribution in [0.2, 0.25) is 0 Å². The second-order valence-corrected chi connectivity index (χ2v) is 8.35. The molecule has 3 aromatic rings. The molecule has 0 radical (unpaired) electrons. The van der Waals surface area contributed by atoms with Gasteiger partial charge in [0.25, 0.3) is 5.91 Å². The minimum atomic E-state index is -0.152. The van der Waals surface area contributed by atoms with E-state index in [1.807, 2.05) is 41.5 Å². The Labute approximate surface area is 169 Å². The van der Waals surface area contributed by atoms with E-state index in [1.165, 1.54) is 22.1 Å². The minimum absolute atomic E-state index is 0.0318. The van der Waals surface area contributed by atoms with Gasteiger partial charge in [-0.15, -0.1) is 11.3 Å². The van der Waals surface area contributed by atoms with E-state index < -0.39 is 0 Å². The smallest absolute Gasteiger partial charge is 0.263 e. The van der Waals surface area contributed by atoms with Crippen molar-refractivity contribution in [1.82, 2.24) is 10.2 Å². The molecule has 1 fully saturated rings. The van der Waals surface area contributed by atoms with Crippen molar-refractivity contribution in [3.63, 3.8) is 0 Å². The number of carbonyl (C=O) groups is 2. The average Bonchev–Trinajstić information content (AvgIpc) is 3.27. The summed E-state index contributed by atoms with van der Waals surface area (Å²) >= 11 is 1.45. The number of carbonyl (C=O) groups excluding carboxylic acids is 2. The lowest BCUT2D eigenvalue weighted by molar-refractivity contribution is -0.127. The van der Waals surface area contributed by atoms with E-state index in [4.69, 9.17) is 0 Å². The number of nitrogens with zero attached hydrogens (tertiary/aromatic N) is 1. The van der Waals surface area contributed by atoms with Gasteiger partial charge in [0.05, 0.1) is 16.8 Å². The van der Waals surface area contributed by atoms with Crippen molar-refractivity contribution < 1.29 is 9.59 Å². The molecule has 2 atom stereocenters. The zero-order chi connectivity index (χ0) is 19.5. The van der Waals surface area contributed by atoms with Crippen molar-refractivity contribution in [1.29, 1.82) is 0 Å². The molecule has 28 heavy (non-hydrogen) atoms. The molecule has 0 unspecified atom stereocenters. The molecule has 2 aromatic carbocycles. The molecule has 0 aliphatic carbocycles. The minimum Gasteiger partial charge on any atom is -0.349 e. The molecule has 144 valence electrons. The topological polar surface area (TPSA) is 49.4 Å². The van der Waals surface area contributed by atoms with Crippen LogP contribution in [0, 0.1) is 5.92 Å². The SMILES string of the molecule is C[C@H](NC(=O)[C@@H]1CCCN(C(=O)c2cccs2)C1)c1ccc2ccccc2c1. The number of rotatable bonds is 4. The third-order valence-electron chi connectivity index (χ3n) is 5.44. The zero-order valence-electron chi connectivity index (χ0n) is 15.9. The molecule has 0 bridgehead atoms. The fourth-order valence-electron chi connectivity index (χ4n) is 3.82. The summed E-state index contributed by atoms with van der Waals surface area (Å²) in [5, 5.41) is 7.43. The summed E-state index contributed by atoms with van der Waals surface area (Å²) in [6, 6.07) is 18.2. The third-order valence-corrected chi connectivity index (χ3v) is 6.30. The lowest BCUT2D eigenvalue weighted by Crippen LogP contribution is -2.45. The van der Waals surface area contributed by atoms with Crippen molar-refractivity contribution in [2.75, 3.05) is 13.1 Å². The summed E-state index contributed by atoms with van der Waals surface area (Å²) in [6.45, 7) is 3.23. The van der Waals surface area contributed by atoms with Gasteiger partial charge in [0.1, 0.15) is 0 Å². The average molecular weight is 393 g/mol. The van der Waals surface area contributed by atoms with Crippen LogP contribution >= 0.6 is 11.3 Å². The highest BCUT2D eigenvalue weighted by molar-refractivity contribution is 7.12. The molecule has 4 nitrogen and oxygen atoms in total. The Morgan fingerprint density at radius 1 is 1.11 bits per heavy atom. The van der Waals surface area contributed by atoms with E-state index in [1.54, 1.807) is 0 Å². The largest absolute Gasteiger partial charge is 0.349 e. The van der Waals surface area contributed by atoms with Gasteiger partial charge < -0.3 is 10.2 Å². The van der Waals surface area contributed by atoms with Gasteiger partial charge in [-0.2, -0.15) is 0 Å². The van der Waals surface area contributed by atoms with Crippen LogP contribution in [-0.4, -0.2) is 29.8 Å². The highest BCUT2D eigenvalue weighted by Gasteiger charge is 2.29. The first-order chi connectivity index (χ1) is 13.6. The lowest BCUT2D eigenvalue weighted by Gasteiger charge is -2.32. The number of fused-ring (bicyclic) bond motifs is 1. The number of piperidine rings is 1. The molecule has 1 aromatic heterocycles. The van der Waals surface area contributed by atoms with Crippen LogP contribution in [0.4, 0.5) is 0 Å². The Morgan fingerprint density at radius 3 is 2.71 bits per heavy atom. The summed E-state index contributed by atoms with van der Waals surface area (Å²) < 4.78 is 0. The number of benzene rings is 2. The van der Waals surface area contributed by atoms with Gasteiger partial charge in [0.2, 0.25) is 5.91 Å². The second kappa shape index (κ2) is 8.15. The van der Waals surface area contributed by atoms with Crippen molar-refractivity contribution in [2.45, 2.75) is 25.8 Å². The van der Waals surface area contributed by atoms with Gasteiger partial charge in [0.15, 0.2) is 0 Å². The Bertz CT molecular complexity index is 983. The third kappa shape index (κ3) is 3.94. The fourth-order valence-corrected chi connectivity index (χ4v) is 4.51. The maximum absolute atomic E-state index is 12.9. The Morgan fingerprint density at radius 2 is 1.93 bits per heavy atom. The van der Waals surface area contributed by atoms with Crippen molar-refractivity contribution in [2.24, 2.45) is 5.92 Å². The number of hydrogen-bond acceptors (Lipinski definition) is 3. The summed E-state index contributed by atoms with van der Waals surface area (Å²) in [6.07, 6.45) is 1.68. The van der Waals surface area contributed by atoms with Gasteiger partial charge in [-0.1, -0.05) is 42.5 Å². The highest BCUT2D eigenvalue weighted by Crippen LogP contribution is 2.23. The van der Waals surface area contributed by atoms with Crippen LogP contribution < -0.4 is 5.32 Å². The molecule has 5 heteroatoms. The quantitative estimate of drug-likeness (QED) is 0.704. The van der Waals surface area contributed by atoms with Gasteiger partial charge in [-0.3, -0.25) is 9.59 Å². The highest BCUT2D eigenvalue weighted by atomic mass is 32.1. The second-order valence-electron chi connectivity index (χ2n) is 7.40. The number of likely N-dealkylation sites (tertiary alicyclic amines) is 1. The van der Waals surface area contributed by atoms with Gasteiger partial charge >= 0.3 is 0 Å². The lowest BCUT2D eigenvalue weighted by atomic mass is 9.96. The predicted octanol–water partition coefficient (Wildman–Crippen LogP) is 4.63. The molecule has 1 aliphatic heterocycles. The first-order valence-corrected chi connectivity index (χ1v) is 10.6. The summed E-state index contributed by atoms with van der Waals surface area (Å²) in [5.41, 5.74) is 1.09. The summed E-state index contributed by atoms with van der Waals surface area (Å²) in [7, 11) is 0. The maximum Gasteiger partial charge on any atom is 0.263 e. The van der Waals surface area contributed by atoms with Crippen LogP contribution in [0.3, 0.4) is 0 Å². The fraction of sp³-hybridized carbons (Fsp3) is 0.304. The first-order valence-electron chi connectivity index (χ1n) is 9.73. The molecule has 0 spiro atoms. The molecule has 1 saturated heterocycles. The van der Waals surface area contributed by atoms with E-state index in [-0.39, 0.29) is 23.8 Å². The van der Waals surface area contributed by atoms with Crippen LogP contribution in [0.1, 0.15) is 41.0 Å². The van der Waals surface area contributed by atoms with Crippen LogP contribution in [0.15, 0.2) is 60.0 Å². The van der Waals surface area contributed by atoms with Crippen LogP contribution in [-0.2, 0) is 4.79 Å². The Balaban J connectivity index is 1.41. The maximum atomic E-state index is 12.9. The number of thiophene rings is 1. The van der Waals surface area contributed by atoms with Crippen molar-refractivity contribution in [3.05, 3.63) is 70.4 Å². The molecule has 2 amide bonds. The van der Waals surface area contributed by atoms with Crippen LogP contribution in [0.25, 0.3) is 10.8 Å². The van der Waals surface area contributed by atoms with Gasteiger partial charge in [-0.05, 0) is 53.6 Å². The summed E-state index contributed by atoms with van der Waals surface area (Å²) in [4.78, 5) is 28.0. The molecule has 0 saturated carbocycles. The van der Waals surface area contributed by atoms with Crippen molar-refractivity contribution >= 4 is 33.9 Å². The van der Waals surface area contributed by atoms with Crippen molar-refractivity contribution in [3.8, 4) is 0 Å².